The number of aliphatic hydroxyl groups excluding tert-OH is 1. The summed E-state index contributed by atoms with van der Waals surface area (Å²) in [5, 5.41) is 12.9. The maximum Gasteiger partial charge on any atom is 0.223 e. The van der Waals surface area contributed by atoms with E-state index in [-0.39, 0.29) is 24.3 Å². The molecule has 2 atom stereocenters. The van der Waals surface area contributed by atoms with Crippen molar-refractivity contribution >= 4 is 5.91 Å². The van der Waals surface area contributed by atoms with Gasteiger partial charge in [-0.15, -0.1) is 0 Å². The van der Waals surface area contributed by atoms with Crippen molar-refractivity contribution in [1.82, 2.24) is 5.32 Å². The highest BCUT2D eigenvalue weighted by atomic mass is 16.3. The highest BCUT2D eigenvalue weighted by Gasteiger charge is 2.33. The first-order valence-electron chi connectivity index (χ1n) is 7.10. The van der Waals surface area contributed by atoms with E-state index < -0.39 is 6.10 Å². The number of rotatable bonds is 6. The highest BCUT2D eigenvalue weighted by molar-refractivity contribution is 5.77. The quantitative estimate of drug-likeness (QED) is 0.827. The fraction of sp³-hybridized carbons (Fsp3) is 0.562. The number of benzene rings is 1. The summed E-state index contributed by atoms with van der Waals surface area (Å²) < 4.78 is 0. The Labute approximate surface area is 115 Å². The van der Waals surface area contributed by atoms with Gasteiger partial charge in [-0.3, -0.25) is 4.79 Å². The normalized spacial score (nSPS) is 18.1. The van der Waals surface area contributed by atoms with Gasteiger partial charge in [0.05, 0.1) is 18.6 Å². The van der Waals surface area contributed by atoms with Gasteiger partial charge in [0, 0.05) is 0 Å². The first-order valence-corrected chi connectivity index (χ1v) is 7.10. The molecule has 1 saturated carbocycles. The fourth-order valence-corrected chi connectivity index (χ4v) is 2.22. The Kier molecular flexibility index (Phi) is 4.59. The van der Waals surface area contributed by atoms with E-state index >= 15 is 0 Å². The molecule has 1 aliphatic carbocycles. The van der Waals surface area contributed by atoms with Gasteiger partial charge >= 0.3 is 0 Å². The van der Waals surface area contributed by atoms with Crippen LogP contribution < -0.4 is 5.32 Å². The third-order valence-electron chi connectivity index (χ3n) is 3.73. The number of hydrogen-bond donors (Lipinski definition) is 2. The highest BCUT2D eigenvalue weighted by Crippen LogP contribution is 2.40. The van der Waals surface area contributed by atoms with Gasteiger partial charge in [-0.1, -0.05) is 44.2 Å². The zero-order chi connectivity index (χ0) is 13.8. The molecule has 0 heterocycles. The summed E-state index contributed by atoms with van der Waals surface area (Å²) in [6, 6.07) is 10.2. The molecular formula is C16H23NO2. The van der Waals surface area contributed by atoms with Crippen LogP contribution in [0.15, 0.2) is 30.3 Å². The summed E-state index contributed by atoms with van der Waals surface area (Å²) in [4.78, 5) is 12.0. The lowest BCUT2D eigenvalue weighted by Crippen LogP contribution is -2.33. The van der Waals surface area contributed by atoms with Crippen LogP contribution in [0.4, 0.5) is 0 Å². The minimum atomic E-state index is -0.560. The molecule has 2 rings (SSSR count). The van der Waals surface area contributed by atoms with Crippen LogP contribution in [0, 0.1) is 11.8 Å². The SMILES string of the molecule is CC(C)C(O)CC(=O)NC(c1ccccc1)C1CC1. The van der Waals surface area contributed by atoms with Crippen molar-refractivity contribution in [1.29, 1.82) is 0 Å². The molecule has 1 aromatic rings. The first kappa shape index (κ1) is 14.1. The molecular weight excluding hydrogens is 238 g/mol. The second-order valence-corrected chi connectivity index (χ2v) is 5.81. The molecule has 0 saturated heterocycles. The lowest BCUT2D eigenvalue weighted by molar-refractivity contribution is -0.124. The Morgan fingerprint density at radius 3 is 2.47 bits per heavy atom. The lowest BCUT2D eigenvalue weighted by Gasteiger charge is -2.21. The van der Waals surface area contributed by atoms with E-state index in [4.69, 9.17) is 0 Å². The predicted molar refractivity (Wildman–Crippen MR) is 75.5 cm³/mol. The number of carbonyl (C=O) groups excluding carboxylic acids is 1. The van der Waals surface area contributed by atoms with Crippen LogP contribution in [0.2, 0.25) is 0 Å². The summed E-state index contributed by atoms with van der Waals surface area (Å²) in [5.41, 5.74) is 1.16. The van der Waals surface area contributed by atoms with Crippen LogP contribution >= 0.6 is 0 Å². The smallest absolute Gasteiger partial charge is 0.223 e. The third kappa shape index (κ3) is 4.06. The van der Waals surface area contributed by atoms with E-state index in [2.05, 4.69) is 17.4 Å². The van der Waals surface area contributed by atoms with Gasteiger partial charge < -0.3 is 10.4 Å². The van der Waals surface area contributed by atoms with E-state index in [1.165, 1.54) is 12.8 Å². The van der Waals surface area contributed by atoms with E-state index in [1.54, 1.807) is 0 Å². The lowest BCUT2D eigenvalue weighted by atomic mass is 10.0. The summed E-state index contributed by atoms with van der Waals surface area (Å²) >= 11 is 0. The van der Waals surface area contributed by atoms with Gasteiger partial charge in [-0.25, -0.2) is 0 Å². The molecule has 0 bridgehead atoms. The first-order chi connectivity index (χ1) is 9.08. The van der Waals surface area contributed by atoms with Crippen molar-refractivity contribution in [3.05, 3.63) is 35.9 Å². The molecule has 1 amide bonds. The van der Waals surface area contributed by atoms with Crippen molar-refractivity contribution in [2.24, 2.45) is 11.8 Å². The van der Waals surface area contributed by atoms with Crippen molar-refractivity contribution in [2.75, 3.05) is 0 Å². The number of carbonyl (C=O) groups is 1. The van der Waals surface area contributed by atoms with Gasteiger partial charge in [-0.2, -0.15) is 0 Å². The number of hydrogen-bond acceptors (Lipinski definition) is 2. The van der Waals surface area contributed by atoms with Crippen molar-refractivity contribution in [3.63, 3.8) is 0 Å². The average Bonchev–Trinajstić information content (AvgIpc) is 3.21. The molecule has 1 fully saturated rings. The molecule has 3 heteroatoms. The molecule has 0 spiro atoms. The monoisotopic (exact) mass is 261 g/mol. The van der Waals surface area contributed by atoms with E-state index in [0.29, 0.717) is 5.92 Å². The Morgan fingerprint density at radius 1 is 1.32 bits per heavy atom. The topological polar surface area (TPSA) is 49.3 Å². The second kappa shape index (κ2) is 6.20. The zero-order valence-corrected chi connectivity index (χ0v) is 11.7. The fourth-order valence-electron chi connectivity index (χ4n) is 2.22. The van der Waals surface area contributed by atoms with Crippen molar-refractivity contribution < 1.29 is 9.90 Å². The number of aliphatic hydroxyl groups is 1. The van der Waals surface area contributed by atoms with Gasteiger partial charge in [0.2, 0.25) is 5.91 Å². The Morgan fingerprint density at radius 2 is 1.95 bits per heavy atom. The zero-order valence-electron chi connectivity index (χ0n) is 11.7. The number of amides is 1. The van der Waals surface area contributed by atoms with Crippen LogP contribution in [0.3, 0.4) is 0 Å². The molecule has 1 aromatic carbocycles. The summed E-state index contributed by atoms with van der Waals surface area (Å²) in [6.07, 6.45) is 1.97. The van der Waals surface area contributed by atoms with Crippen LogP contribution in [0.25, 0.3) is 0 Å². The van der Waals surface area contributed by atoms with Gasteiger partial charge in [0.25, 0.3) is 0 Å². The summed E-state index contributed by atoms with van der Waals surface area (Å²) in [5.74, 6) is 0.617. The molecule has 0 aromatic heterocycles. The maximum absolute atomic E-state index is 12.0. The molecule has 19 heavy (non-hydrogen) atoms. The molecule has 104 valence electrons. The van der Waals surface area contributed by atoms with Crippen LogP contribution in [-0.2, 0) is 4.79 Å². The van der Waals surface area contributed by atoms with Crippen molar-refractivity contribution in [3.8, 4) is 0 Å². The van der Waals surface area contributed by atoms with Crippen LogP contribution in [0.1, 0.15) is 44.7 Å². The summed E-state index contributed by atoms with van der Waals surface area (Å²) in [6.45, 7) is 3.85. The average molecular weight is 261 g/mol. The number of nitrogens with one attached hydrogen (secondary N) is 1. The molecule has 2 N–H and O–H groups in total. The maximum atomic E-state index is 12.0. The minimum Gasteiger partial charge on any atom is -0.392 e. The van der Waals surface area contributed by atoms with E-state index in [0.717, 1.165) is 5.56 Å². The standard InChI is InChI=1S/C16H23NO2/c1-11(2)14(18)10-15(19)17-16(13-8-9-13)12-6-4-3-5-7-12/h3-7,11,13-14,16,18H,8-10H2,1-2H3,(H,17,19). The van der Waals surface area contributed by atoms with Crippen molar-refractivity contribution in [2.45, 2.75) is 45.3 Å². The minimum absolute atomic E-state index is 0.0537. The molecule has 0 radical (unpaired) electrons. The van der Waals surface area contributed by atoms with Crippen LogP contribution in [-0.4, -0.2) is 17.1 Å². The third-order valence-corrected chi connectivity index (χ3v) is 3.73. The Balaban J connectivity index is 1.96. The van der Waals surface area contributed by atoms with E-state index in [9.17, 15) is 9.90 Å². The Hall–Kier alpha value is -1.35. The predicted octanol–water partition coefficient (Wildman–Crippen LogP) is 2.66. The largest absolute Gasteiger partial charge is 0.392 e. The molecule has 2 unspecified atom stereocenters. The van der Waals surface area contributed by atoms with Gasteiger partial charge in [0.1, 0.15) is 0 Å². The molecule has 1 aliphatic rings. The van der Waals surface area contributed by atoms with Crippen LogP contribution in [0.5, 0.6) is 0 Å². The summed E-state index contributed by atoms with van der Waals surface area (Å²) in [7, 11) is 0. The second-order valence-electron chi connectivity index (χ2n) is 5.81. The van der Waals surface area contributed by atoms with Gasteiger partial charge in [0.15, 0.2) is 0 Å². The van der Waals surface area contributed by atoms with Gasteiger partial charge in [-0.05, 0) is 30.2 Å². The molecule has 0 aliphatic heterocycles. The molecule has 3 nitrogen and oxygen atoms in total. The van der Waals surface area contributed by atoms with E-state index in [1.807, 2.05) is 32.0 Å². The Bertz CT molecular complexity index is 412.